The summed E-state index contributed by atoms with van der Waals surface area (Å²) < 4.78 is 0. The Balaban J connectivity index is 0.000000218. The fourth-order valence-corrected chi connectivity index (χ4v) is 0.291. The molecular weight excluding hydrogens is 154 g/mol. The topological polar surface area (TPSA) is 109 Å². The van der Waals surface area contributed by atoms with Crippen molar-refractivity contribution in [3.63, 3.8) is 0 Å². The van der Waals surface area contributed by atoms with E-state index < -0.39 is 5.09 Å². The summed E-state index contributed by atoms with van der Waals surface area (Å²) in [5, 5.41) is 22.0. The standard InChI is InChI=1S/C4H4N2O.HNO3/c7-4-5-2-1-3-6-4;2-1(3)4/h1-3H,(H,5,6,7);(H,2,3,4). The van der Waals surface area contributed by atoms with Crippen molar-refractivity contribution in [1.82, 2.24) is 9.97 Å². The molecule has 7 nitrogen and oxygen atoms in total. The van der Waals surface area contributed by atoms with Gasteiger partial charge in [-0.15, -0.1) is 10.1 Å². The summed E-state index contributed by atoms with van der Waals surface area (Å²) in [6.07, 6.45) is 2.95. The van der Waals surface area contributed by atoms with Crippen LogP contribution in [0.3, 0.4) is 0 Å². The maximum atomic E-state index is 8.41. The predicted molar refractivity (Wildman–Crippen MR) is 32.5 cm³/mol. The Kier molecular flexibility index (Phi) is 4.06. The zero-order chi connectivity index (χ0) is 8.69. The molecule has 2 N–H and O–H groups in total. The van der Waals surface area contributed by atoms with Crippen molar-refractivity contribution in [2.24, 2.45) is 0 Å². The van der Waals surface area contributed by atoms with E-state index in [1.807, 2.05) is 0 Å². The van der Waals surface area contributed by atoms with Crippen molar-refractivity contribution < 1.29 is 15.4 Å². The van der Waals surface area contributed by atoms with E-state index >= 15 is 0 Å². The molecular formula is C4H5N3O4. The Labute approximate surface area is 61.1 Å². The van der Waals surface area contributed by atoms with Crippen molar-refractivity contribution in [2.45, 2.75) is 0 Å². The molecule has 1 aromatic rings. The van der Waals surface area contributed by atoms with Crippen LogP contribution in [0.25, 0.3) is 0 Å². The van der Waals surface area contributed by atoms with E-state index in [1.165, 1.54) is 12.4 Å². The van der Waals surface area contributed by atoms with Crippen molar-refractivity contribution in [2.75, 3.05) is 0 Å². The van der Waals surface area contributed by atoms with Crippen LogP contribution in [-0.2, 0) is 0 Å². The third kappa shape index (κ3) is 8.08. The molecule has 11 heavy (non-hydrogen) atoms. The van der Waals surface area contributed by atoms with Crippen LogP contribution in [0, 0.1) is 10.1 Å². The second-order valence-electron chi connectivity index (χ2n) is 1.29. The minimum atomic E-state index is -1.50. The summed E-state index contributed by atoms with van der Waals surface area (Å²) in [4.78, 5) is 15.2. The van der Waals surface area contributed by atoms with Crippen LogP contribution in [-0.4, -0.2) is 25.4 Å². The van der Waals surface area contributed by atoms with Crippen LogP contribution >= 0.6 is 0 Å². The molecule has 1 aromatic heterocycles. The molecule has 1 heterocycles. The van der Waals surface area contributed by atoms with Crippen LogP contribution in [0.1, 0.15) is 0 Å². The average molecular weight is 159 g/mol. The van der Waals surface area contributed by atoms with Gasteiger partial charge in [-0.05, 0) is 6.07 Å². The summed E-state index contributed by atoms with van der Waals surface area (Å²) in [5.41, 5.74) is 0. The number of hydrogen-bond acceptors (Lipinski definition) is 5. The summed E-state index contributed by atoms with van der Waals surface area (Å²) in [7, 11) is 0. The van der Waals surface area contributed by atoms with Gasteiger partial charge in [0, 0.05) is 12.4 Å². The van der Waals surface area contributed by atoms with Gasteiger partial charge in [0.1, 0.15) is 0 Å². The van der Waals surface area contributed by atoms with E-state index in [0.29, 0.717) is 0 Å². The largest absolute Gasteiger partial charge is 0.479 e. The highest BCUT2D eigenvalue weighted by atomic mass is 16.9. The monoisotopic (exact) mass is 159 g/mol. The first-order valence-electron chi connectivity index (χ1n) is 2.42. The minimum Gasteiger partial charge on any atom is -0.479 e. The van der Waals surface area contributed by atoms with Gasteiger partial charge in [0.2, 0.25) is 0 Å². The molecule has 0 aromatic carbocycles. The van der Waals surface area contributed by atoms with E-state index in [1.54, 1.807) is 6.07 Å². The van der Waals surface area contributed by atoms with Gasteiger partial charge in [-0.1, -0.05) is 0 Å². The van der Waals surface area contributed by atoms with E-state index in [0.717, 1.165) is 0 Å². The lowest BCUT2D eigenvalue weighted by Crippen LogP contribution is -1.81. The fourth-order valence-electron chi connectivity index (χ4n) is 0.291. The quantitative estimate of drug-likeness (QED) is 0.401. The Bertz CT molecular complexity index is 210. The molecule has 0 saturated heterocycles. The van der Waals surface area contributed by atoms with E-state index in [-0.39, 0.29) is 6.01 Å². The summed E-state index contributed by atoms with van der Waals surface area (Å²) in [5.74, 6) is 0. The van der Waals surface area contributed by atoms with E-state index in [9.17, 15) is 0 Å². The van der Waals surface area contributed by atoms with Gasteiger partial charge in [0.15, 0.2) is 0 Å². The molecule has 60 valence electrons. The Hall–Kier alpha value is -1.92. The Morgan fingerprint density at radius 2 is 1.82 bits per heavy atom. The second-order valence-corrected chi connectivity index (χ2v) is 1.29. The Morgan fingerprint density at radius 1 is 1.45 bits per heavy atom. The summed E-state index contributed by atoms with van der Waals surface area (Å²) in [6.45, 7) is 0. The fraction of sp³-hybridized carbons (Fsp3) is 0. The molecule has 0 amide bonds. The van der Waals surface area contributed by atoms with Crippen LogP contribution < -0.4 is 0 Å². The number of aromatic hydroxyl groups is 1. The molecule has 0 bridgehead atoms. The van der Waals surface area contributed by atoms with Gasteiger partial charge in [-0.3, -0.25) is 0 Å². The van der Waals surface area contributed by atoms with Crippen molar-refractivity contribution >= 4 is 0 Å². The van der Waals surface area contributed by atoms with Gasteiger partial charge in [0.25, 0.3) is 5.09 Å². The van der Waals surface area contributed by atoms with Gasteiger partial charge in [-0.2, -0.15) is 0 Å². The number of hydrogen-bond donors (Lipinski definition) is 2. The average Bonchev–Trinajstić information content (AvgIpc) is 1.87. The lowest BCUT2D eigenvalue weighted by Gasteiger charge is -1.80. The van der Waals surface area contributed by atoms with Crippen molar-refractivity contribution in [3.8, 4) is 6.01 Å². The van der Waals surface area contributed by atoms with E-state index in [4.69, 9.17) is 20.4 Å². The zero-order valence-electron chi connectivity index (χ0n) is 5.28. The number of aromatic nitrogens is 2. The molecule has 7 heteroatoms. The molecule has 0 aliphatic rings. The highest BCUT2D eigenvalue weighted by Crippen LogP contribution is 1.89. The first-order chi connectivity index (χ1) is 5.13. The molecule has 0 aliphatic carbocycles. The molecule has 0 spiro atoms. The Morgan fingerprint density at radius 3 is 2.00 bits per heavy atom. The molecule has 1 rings (SSSR count). The van der Waals surface area contributed by atoms with Crippen LogP contribution in [0.5, 0.6) is 6.01 Å². The molecule has 0 aliphatic heterocycles. The highest BCUT2D eigenvalue weighted by Gasteiger charge is 1.78. The van der Waals surface area contributed by atoms with Crippen molar-refractivity contribution in [1.29, 1.82) is 0 Å². The minimum absolute atomic E-state index is 0.178. The maximum Gasteiger partial charge on any atom is 0.313 e. The van der Waals surface area contributed by atoms with Crippen LogP contribution in [0.2, 0.25) is 0 Å². The van der Waals surface area contributed by atoms with Gasteiger partial charge in [0.05, 0.1) is 0 Å². The lowest BCUT2D eigenvalue weighted by molar-refractivity contribution is -0.742. The predicted octanol–water partition coefficient (Wildman–Crippen LogP) is -0.166. The second kappa shape index (κ2) is 4.91. The third-order valence-corrected chi connectivity index (χ3v) is 0.552. The first-order valence-corrected chi connectivity index (χ1v) is 2.42. The SMILES string of the molecule is O=[N+]([O-])O.Oc1ncccn1. The number of nitrogens with zero attached hydrogens (tertiary/aromatic N) is 3. The van der Waals surface area contributed by atoms with Crippen LogP contribution in [0.15, 0.2) is 18.5 Å². The van der Waals surface area contributed by atoms with Crippen molar-refractivity contribution in [3.05, 3.63) is 28.6 Å². The molecule has 0 unspecified atom stereocenters. The van der Waals surface area contributed by atoms with Gasteiger partial charge in [-0.25, -0.2) is 9.97 Å². The lowest BCUT2D eigenvalue weighted by atomic mass is 10.7. The maximum absolute atomic E-state index is 8.41. The summed E-state index contributed by atoms with van der Waals surface area (Å²) >= 11 is 0. The summed E-state index contributed by atoms with van der Waals surface area (Å²) in [6, 6.07) is 1.46. The zero-order valence-corrected chi connectivity index (χ0v) is 5.28. The smallest absolute Gasteiger partial charge is 0.313 e. The third-order valence-electron chi connectivity index (χ3n) is 0.552. The molecule has 0 fully saturated rings. The van der Waals surface area contributed by atoms with Crippen LogP contribution in [0.4, 0.5) is 0 Å². The molecule has 0 saturated carbocycles. The normalized spacial score (nSPS) is 7.64. The first kappa shape index (κ1) is 9.08. The van der Waals surface area contributed by atoms with E-state index in [2.05, 4.69) is 9.97 Å². The van der Waals surface area contributed by atoms with Gasteiger partial charge >= 0.3 is 6.01 Å². The molecule has 0 atom stereocenters. The van der Waals surface area contributed by atoms with Gasteiger partial charge < -0.3 is 10.3 Å². The number of rotatable bonds is 0. The molecule has 0 radical (unpaired) electrons. The highest BCUT2D eigenvalue weighted by molar-refractivity contribution is 4.89.